The molecule has 47 heavy (non-hydrogen) atoms. The van der Waals surface area contributed by atoms with Gasteiger partial charge in [-0.15, -0.1) is 0 Å². The van der Waals surface area contributed by atoms with Crippen LogP contribution in [0, 0.1) is 19.8 Å². The standard InChI is InChI=1S/C35H39F3N6O3/c1-20(2)14-28-34(47)44(19-30(44)27-16-25(35(36,37)38)23(18-42(27)28)10-12-41(5)6)29(17-31(45)46)24-15-26(40-43-13-11-39-33(24)43)32-21(3)8-7-9-22(32)4/h7-9,11,13,15-16,18,20,28-29H,10,12,14,17,19H2,1-6H3/p+1. The fourth-order valence-corrected chi connectivity index (χ4v) is 7.30. The highest BCUT2D eigenvalue weighted by atomic mass is 19.4. The summed E-state index contributed by atoms with van der Waals surface area (Å²) in [4.78, 5) is 35.5. The molecule has 12 heteroatoms. The summed E-state index contributed by atoms with van der Waals surface area (Å²) in [6, 6.07) is 6.00. The Morgan fingerprint density at radius 2 is 1.89 bits per heavy atom. The molecule has 248 valence electrons. The molecule has 0 aliphatic carbocycles. The second kappa shape index (κ2) is 11.7. The smallest absolute Gasteiger partial charge is 0.416 e. The summed E-state index contributed by atoms with van der Waals surface area (Å²) in [6.45, 7) is 8.41. The number of aliphatic carboxylic acids is 1. The number of hydrogen-bond donors (Lipinski definition) is 1. The number of hydrogen-bond acceptors (Lipinski definition) is 6. The van der Waals surface area contributed by atoms with Crippen LogP contribution in [0.15, 0.2) is 71.5 Å². The van der Waals surface area contributed by atoms with Crippen molar-refractivity contribution in [3.05, 3.63) is 88.2 Å². The number of carbonyl (C=O) groups excluding carboxylic acids is 1. The van der Waals surface area contributed by atoms with Gasteiger partial charge in [0.1, 0.15) is 24.2 Å². The average Bonchev–Trinajstić information content (AvgIpc) is 3.56. The highest BCUT2D eigenvalue weighted by Gasteiger charge is 2.70. The molecule has 3 aromatic rings. The number of fused-ring (bicyclic) bond motifs is 3. The second-order valence-electron chi connectivity index (χ2n) is 13.6. The topological polar surface area (TPSA) is 91.0 Å². The maximum atomic E-state index is 14.8. The van der Waals surface area contributed by atoms with E-state index in [0.29, 0.717) is 41.3 Å². The minimum atomic E-state index is -4.61. The number of carboxylic acid groups (broad SMARTS) is 1. The molecule has 1 saturated heterocycles. The molecule has 3 atom stereocenters. The van der Waals surface area contributed by atoms with Crippen LogP contribution in [0.25, 0.3) is 16.9 Å². The van der Waals surface area contributed by atoms with E-state index >= 15 is 0 Å². The van der Waals surface area contributed by atoms with E-state index in [2.05, 4.69) is 4.98 Å². The monoisotopic (exact) mass is 649 g/mol. The molecule has 3 aliphatic heterocycles. The number of allylic oxidation sites excluding steroid dienone is 2. The molecule has 0 bridgehead atoms. The zero-order valence-corrected chi connectivity index (χ0v) is 27.5. The number of carbonyl (C=O) groups is 2. The second-order valence-corrected chi connectivity index (χ2v) is 13.6. The lowest BCUT2D eigenvalue weighted by molar-refractivity contribution is -0.739. The first-order valence-electron chi connectivity index (χ1n) is 15.8. The van der Waals surface area contributed by atoms with Crippen LogP contribution in [0.5, 0.6) is 0 Å². The van der Waals surface area contributed by atoms with E-state index in [1.165, 1.54) is 12.3 Å². The summed E-state index contributed by atoms with van der Waals surface area (Å²) in [5.74, 6) is -1.29. The van der Waals surface area contributed by atoms with Crippen molar-refractivity contribution >= 4 is 17.5 Å². The number of benzene rings is 1. The van der Waals surface area contributed by atoms with Crippen LogP contribution in [0.2, 0.25) is 0 Å². The molecular formula is C35H40F3N6O3+. The number of carboxylic acids is 1. The Bertz CT molecular complexity index is 1850. The van der Waals surface area contributed by atoms with Crippen molar-refractivity contribution in [1.82, 2.24) is 24.4 Å². The third-order valence-corrected chi connectivity index (χ3v) is 9.50. The number of alkyl halides is 3. The Labute approximate surface area is 271 Å². The number of aryl methyl sites for hydroxylation is 2. The predicted octanol–water partition coefficient (Wildman–Crippen LogP) is 6.17. The van der Waals surface area contributed by atoms with Crippen LogP contribution < -0.4 is 0 Å². The lowest BCUT2D eigenvalue weighted by Gasteiger charge is -2.40. The third kappa shape index (κ3) is 5.67. The van der Waals surface area contributed by atoms with Gasteiger partial charge in [-0.25, -0.2) is 18.8 Å². The van der Waals surface area contributed by atoms with Crippen molar-refractivity contribution in [1.29, 1.82) is 0 Å². The van der Waals surface area contributed by atoms with Crippen LogP contribution in [-0.2, 0) is 9.59 Å². The van der Waals surface area contributed by atoms with Gasteiger partial charge in [0.05, 0.1) is 16.8 Å². The van der Waals surface area contributed by atoms with Gasteiger partial charge < -0.3 is 14.9 Å². The maximum absolute atomic E-state index is 14.8. The van der Waals surface area contributed by atoms with Gasteiger partial charge in [-0.3, -0.25) is 4.79 Å². The number of amides is 1. The summed E-state index contributed by atoms with van der Waals surface area (Å²) >= 11 is 0. The van der Waals surface area contributed by atoms with Crippen molar-refractivity contribution in [2.75, 3.05) is 27.2 Å². The molecule has 5 heterocycles. The molecule has 0 spiro atoms. The first-order chi connectivity index (χ1) is 22.1. The minimum Gasteiger partial charge on any atom is -0.481 e. The van der Waals surface area contributed by atoms with Gasteiger partial charge in [-0.05, 0) is 75.5 Å². The van der Waals surface area contributed by atoms with Crippen molar-refractivity contribution in [3.8, 4) is 11.3 Å². The van der Waals surface area contributed by atoms with Crippen molar-refractivity contribution in [2.24, 2.45) is 5.92 Å². The Morgan fingerprint density at radius 3 is 2.51 bits per heavy atom. The van der Waals surface area contributed by atoms with Gasteiger partial charge in [-0.1, -0.05) is 32.0 Å². The normalized spacial score (nSPS) is 21.6. The fourth-order valence-electron chi connectivity index (χ4n) is 7.30. The summed E-state index contributed by atoms with van der Waals surface area (Å²) in [7, 11) is 3.61. The average molecular weight is 650 g/mol. The van der Waals surface area contributed by atoms with E-state index in [1.807, 2.05) is 56.9 Å². The van der Waals surface area contributed by atoms with Crippen LogP contribution in [0.4, 0.5) is 13.2 Å². The van der Waals surface area contributed by atoms with Gasteiger partial charge in [0, 0.05) is 30.7 Å². The Hall–Kier alpha value is -4.29. The fraction of sp³-hybridized carbons (Fsp3) is 0.429. The molecule has 0 radical (unpaired) electrons. The molecule has 6 rings (SSSR count). The van der Waals surface area contributed by atoms with Crippen LogP contribution in [0.3, 0.4) is 0 Å². The quantitative estimate of drug-likeness (QED) is 0.208. The lowest BCUT2D eigenvalue weighted by atomic mass is 9.91. The highest BCUT2D eigenvalue weighted by Crippen LogP contribution is 2.57. The molecule has 1 aromatic carbocycles. The maximum Gasteiger partial charge on any atom is 0.416 e. The largest absolute Gasteiger partial charge is 0.481 e. The van der Waals surface area contributed by atoms with Crippen molar-refractivity contribution < 1.29 is 32.3 Å². The van der Waals surface area contributed by atoms with E-state index in [1.54, 1.807) is 35.9 Å². The number of rotatable bonds is 10. The van der Waals surface area contributed by atoms with Gasteiger partial charge >= 0.3 is 18.1 Å². The van der Waals surface area contributed by atoms with E-state index in [4.69, 9.17) is 5.10 Å². The molecule has 0 saturated carbocycles. The Morgan fingerprint density at radius 1 is 1.19 bits per heavy atom. The molecule has 2 aromatic heterocycles. The zero-order valence-electron chi connectivity index (χ0n) is 27.5. The van der Waals surface area contributed by atoms with Gasteiger partial charge in [0.15, 0.2) is 17.9 Å². The summed E-state index contributed by atoms with van der Waals surface area (Å²) in [6.07, 6.45) is 1.47. The number of nitrogens with zero attached hydrogens (tertiary/aromatic N) is 6. The minimum absolute atomic E-state index is 0.0480. The van der Waals surface area contributed by atoms with Gasteiger partial charge in [0.2, 0.25) is 0 Å². The lowest BCUT2D eigenvalue weighted by Crippen LogP contribution is -2.54. The van der Waals surface area contributed by atoms with Gasteiger partial charge in [0.25, 0.3) is 0 Å². The molecule has 3 aliphatic rings. The van der Waals surface area contributed by atoms with Crippen LogP contribution >= 0.6 is 0 Å². The van der Waals surface area contributed by atoms with Gasteiger partial charge in [-0.2, -0.15) is 18.3 Å². The Balaban J connectivity index is 1.58. The molecular weight excluding hydrogens is 609 g/mol. The molecule has 1 fully saturated rings. The first kappa shape index (κ1) is 32.6. The van der Waals surface area contributed by atoms with Crippen molar-refractivity contribution in [3.63, 3.8) is 0 Å². The summed E-state index contributed by atoms with van der Waals surface area (Å²) in [5, 5.41) is 15.1. The van der Waals surface area contributed by atoms with Crippen molar-refractivity contribution in [2.45, 2.75) is 65.2 Å². The molecule has 1 N–H and O–H groups in total. The van der Waals surface area contributed by atoms with E-state index in [9.17, 15) is 27.9 Å². The number of imidazole rings is 1. The number of aromatic nitrogens is 3. The van der Waals surface area contributed by atoms with Crippen LogP contribution in [-0.4, -0.2) is 85.3 Å². The number of quaternary nitrogens is 1. The van der Waals surface area contributed by atoms with E-state index in [0.717, 1.165) is 16.7 Å². The summed E-state index contributed by atoms with van der Waals surface area (Å²) < 4.78 is 44.9. The molecule has 3 unspecified atom stereocenters. The first-order valence-corrected chi connectivity index (χ1v) is 15.8. The highest BCUT2D eigenvalue weighted by molar-refractivity contribution is 5.83. The zero-order chi connectivity index (χ0) is 34.0. The van der Waals surface area contributed by atoms with Crippen LogP contribution in [0.1, 0.15) is 55.8 Å². The van der Waals surface area contributed by atoms with E-state index in [-0.39, 0.29) is 34.8 Å². The molecule has 9 nitrogen and oxygen atoms in total. The number of halogens is 3. The predicted molar refractivity (Wildman–Crippen MR) is 171 cm³/mol. The third-order valence-electron chi connectivity index (χ3n) is 9.50. The SMILES string of the molecule is Cc1cccc(C)c1-c1cc(C(CC(=O)O)[N+]23CC2=C2C=C(C(F)(F)F)C(CCN(C)C)=CN2C(CC(C)C)C3=O)c2nccn2n1. The Kier molecular flexibility index (Phi) is 8.16. The van der Waals surface area contributed by atoms with E-state index < -0.39 is 36.2 Å². The molecule has 1 amide bonds. The summed E-state index contributed by atoms with van der Waals surface area (Å²) in [5.41, 5.74) is 4.58.